The summed E-state index contributed by atoms with van der Waals surface area (Å²) in [6, 6.07) is 21.2. The van der Waals surface area contributed by atoms with Gasteiger partial charge in [0.1, 0.15) is 6.61 Å². The number of rotatable bonds is 8. The van der Waals surface area contributed by atoms with Crippen LogP contribution < -0.4 is 14.8 Å². The number of benzene rings is 3. The molecular formula is C24H21NO5. The number of aromatic carboxylic acids is 1. The summed E-state index contributed by atoms with van der Waals surface area (Å²) in [7, 11) is 1.56. The Bertz CT molecular complexity index is 1040. The molecule has 2 N–H and O–H groups in total. The number of methoxy groups -OCH3 is 1. The van der Waals surface area contributed by atoms with Crippen molar-refractivity contribution in [3.63, 3.8) is 0 Å². The van der Waals surface area contributed by atoms with Crippen molar-refractivity contribution >= 4 is 23.6 Å². The molecule has 3 rings (SSSR count). The van der Waals surface area contributed by atoms with E-state index in [4.69, 9.17) is 14.6 Å². The molecule has 152 valence electrons. The standard InChI is InChI=1S/C24H21NO5/c1-29-22-15-17(7-13-21(22)30-16-18-5-3-2-4-6-18)8-14-23(26)25-20-11-9-19(10-12-20)24(27)28/h2-15H,16H2,1H3,(H,25,26)(H,27,28)/b14-8+. The zero-order chi connectivity index (χ0) is 21.3. The van der Waals surface area contributed by atoms with Crippen molar-refractivity contribution < 1.29 is 24.2 Å². The molecule has 1 amide bonds. The second kappa shape index (κ2) is 9.93. The normalized spacial score (nSPS) is 10.6. The van der Waals surface area contributed by atoms with Crippen LogP contribution in [-0.4, -0.2) is 24.1 Å². The average Bonchev–Trinajstić information content (AvgIpc) is 2.77. The number of anilines is 1. The second-order valence-corrected chi connectivity index (χ2v) is 6.39. The van der Waals surface area contributed by atoms with E-state index in [1.807, 2.05) is 36.4 Å². The SMILES string of the molecule is COc1cc(/C=C/C(=O)Nc2ccc(C(=O)O)cc2)ccc1OCc1ccccc1. The zero-order valence-electron chi connectivity index (χ0n) is 16.4. The lowest BCUT2D eigenvalue weighted by atomic mass is 10.1. The molecular weight excluding hydrogens is 382 g/mol. The highest BCUT2D eigenvalue weighted by atomic mass is 16.5. The van der Waals surface area contributed by atoms with E-state index in [0.717, 1.165) is 11.1 Å². The van der Waals surface area contributed by atoms with Crippen molar-refractivity contribution in [3.8, 4) is 11.5 Å². The highest BCUT2D eigenvalue weighted by Gasteiger charge is 2.06. The van der Waals surface area contributed by atoms with Gasteiger partial charge >= 0.3 is 5.97 Å². The maximum absolute atomic E-state index is 12.1. The Morgan fingerprint density at radius 1 is 0.967 bits per heavy atom. The van der Waals surface area contributed by atoms with E-state index in [0.29, 0.717) is 23.8 Å². The first-order valence-electron chi connectivity index (χ1n) is 9.22. The lowest BCUT2D eigenvalue weighted by molar-refractivity contribution is -0.111. The van der Waals surface area contributed by atoms with E-state index in [-0.39, 0.29) is 11.5 Å². The van der Waals surface area contributed by atoms with Gasteiger partial charge in [-0.15, -0.1) is 0 Å². The molecule has 3 aromatic carbocycles. The Kier molecular flexibility index (Phi) is 6.84. The molecule has 0 spiro atoms. The summed E-state index contributed by atoms with van der Waals surface area (Å²) in [5.74, 6) is -0.168. The zero-order valence-corrected chi connectivity index (χ0v) is 16.4. The first kappa shape index (κ1) is 20.7. The van der Waals surface area contributed by atoms with Crippen molar-refractivity contribution in [3.05, 3.63) is 95.6 Å². The van der Waals surface area contributed by atoms with Crippen LogP contribution in [0.3, 0.4) is 0 Å². The van der Waals surface area contributed by atoms with Gasteiger partial charge in [0.2, 0.25) is 5.91 Å². The highest BCUT2D eigenvalue weighted by Crippen LogP contribution is 2.29. The lowest BCUT2D eigenvalue weighted by Crippen LogP contribution is -2.08. The molecule has 6 heteroatoms. The summed E-state index contributed by atoms with van der Waals surface area (Å²) in [5.41, 5.74) is 2.49. The molecule has 6 nitrogen and oxygen atoms in total. The van der Waals surface area contributed by atoms with Gasteiger partial charge in [-0.1, -0.05) is 36.4 Å². The smallest absolute Gasteiger partial charge is 0.335 e. The summed E-state index contributed by atoms with van der Waals surface area (Å²) in [6.45, 7) is 0.426. The van der Waals surface area contributed by atoms with Gasteiger partial charge in [-0.05, 0) is 53.6 Å². The van der Waals surface area contributed by atoms with Crippen LogP contribution in [0.5, 0.6) is 11.5 Å². The van der Waals surface area contributed by atoms with Crippen molar-refractivity contribution in [1.29, 1.82) is 0 Å². The number of nitrogens with one attached hydrogen (secondary N) is 1. The van der Waals surface area contributed by atoms with Gasteiger partial charge in [0.25, 0.3) is 0 Å². The summed E-state index contributed by atoms with van der Waals surface area (Å²) in [5, 5.41) is 11.6. The van der Waals surface area contributed by atoms with Crippen LogP contribution in [0.4, 0.5) is 5.69 Å². The van der Waals surface area contributed by atoms with Crippen LogP contribution >= 0.6 is 0 Å². The Labute approximate surface area is 174 Å². The van der Waals surface area contributed by atoms with Gasteiger partial charge in [0.15, 0.2) is 11.5 Å². The van der Waals surface area contributed by atoms with E-state index in [2.05, 4.69) is 5.32 Å². The van der Waals surface area contributed by atoms with Gasteiger partial charge in [-0.2, -0.15) is 0 Å². The topological polar surface area (TPSA) is 84.9 Å². The van der Waals surface area contributed by atoms with E-state index in [1.54, 1.807) is 25.3 Å². The van der Waals surface area contributed by atoms with Crippen LogP contribution in [0.2, 0.25) is 0 Å². The molecule has 0 aliphatic rings. The highest BCUT2D eigenvalue weighted by molar-refractivity contribution is 6.02. The van der Waals surface area contributed by atoms with Crippen LogP contribution in [-0.2, 0) is 11.4 Å². The van der Waals surface area contributed by atoms with Crippen LogP contribution in [0.15, 0.2) is 78.9 Å². The first-order valence-corrected chi connectivity index (χ1v) is 9.22. The molecule has 0 bridgehead atoms. The third-order valence-electron chi connectivity index (χ3n) is 4.25. The predicted molar refractivity (Wildman–Crippen MR) is 115 cm³/mol. The fourth-order valence-corrected chi connectivity index (χ4v) is 2.69. The summed E-state index contributed by atoms with van der Waals surface area (Å²) in [6.07, 6.45) is 3.05. The van der Waals surface area contributed by atoms with Crippen LogP contribution in [0.1, 0.15) is 21.5 Å². The minimum absolute atomic E-state index is 0.158. The van der Waals surface area contributed by atoms with Crippen molar-refractivity contribution in [1.82, 2.24) is 0 Å². The number of amides is 1. The summed E-state index contributed by atoms with van der Waals surface area (Å²) < 4.78 is 11.2. The molecule has 0 heterocycles. The molecule has 0 aliphatic carbocycles. The number of carboxylic acids is 1. The number of carboxylic acid groups (broad SMARTS) is 1. The molecule has 0 saturated heterocycles. The number of hydrogen-bond acceptors (Lipinski definition) is 4. The molecule has 0 aliphatic heterocycles. The largest absolute Gasteiger partial charge is 0.493 e. The predicted octanol–water partition coefficient (Wildman–Crippen LogP) is 4.62. The van der Waals surface area contributed by atoms with Crippen molar-refractivity contribution in [2.45, 2.75) is 6.61 Å². The number of hydrogen-bond donors (Lipinski definition) is 2. The Morgan fingerprint density at radius 2 is 1.70 bits per heavy atom. The number of ether oxygens (including phenoxy) is 2. The third-order valence-corrected chi connectivity index (χ3v) is 4.25. The summed E-state index contributed by atoms with van der Waals surface area (Å²) in [4.78, 5) is 23.0. The minimum Gasteiger partial charge on any atom is -0.493 e. The van der Waals surface area contributed by atoms with Gasteiger partial charge in [-0.3, -0.25) is 4.79 Å². The van der Waals surface area contributed by atoms with E-state index in [1.165, 1.54) is 30.3 Å². The Hall–Kier alpha value is -4.06. The second-order valence-electron chi connectivity index (χ2n) is 6.39. The van der Waals surface area contributed by atoms with Gasteiger partial charge in [0, 0.05) is 11.8 Å². The molecule has 0 unspecified atom stereocenters. The van der Waals surface area contributed by atoms with E-state index >= 15 is 0 Å². The summed E-state index contributed by atoms with van der Waals surface area (Å²) >= 11 is 0. The van der Waals surface area contributed by atoms with Gasteiger partial charge in [-0.25, -0.2) is 4.79 Å². The monoisotopic (exact) mass is 403 g/mol. The quantitative estimate of drug-likeness (QED) is 0.536. The van der Waals surface area contributed by atoms with E-state index < -0.39 is 5.97 Å². The fourth-order valence-electron chi connectivity index (χ4n) is 2.69. The molecule has 0 radical (unpaired) electrons. The fraction of sp³-hybridized carbons (Fsp3) is 0.0833. The number of carbonyl (C=O) groups is 2. The molecule has 0 aromatic heterocycles. The third kappa shape index (κ3) is 5.72. The molecule has 0 atom stereocenters. The van der Waals surface area contributed by atoms with E-state index in [9.17, 15) is 9.59 Å². The molecule has 0 saturated carbocycles. The van der Waals surface area contributed by atoms with Crippen molar-refractivity contribution in [2.75, 3.05) is 12.4 Å². The molecule has 30 heavy (non-hydrogen) atoms. The average molecular weight is 403 g/mol. The molecule has 0 fully saturated rings. The maximum Gasteiger partial charge on any atom is 0.335 e. The van der Waals surface area contributed by atoms with Gasteiger partial charge < -0.3 is 19.9 Å². The maximum atomic E-state index is 12.1. The minimum atomic E-state index is -1.02. The first-order chi connectivity index (χ1) is 14.5. The van der Waals surface area contributed by atoms with Gasteiger partial charge in [0.05, 0.1) is 12.7 Å². The van der Waals surface area contributed by atoms with Crippen LogP contribution in [0.25, 0.3) is 6.08 Å². The lowest BCUT2D eigenvalue weighted by Gasteiger charge is -2.11. The van der Waals surface area contributed by atoms with Crippen molar-refractivity contribution in [2.24, 2.45) is 0 Å². The number of carbonyl (C=O) groups excluding carboxylic acids is 1. The Balaban J connectivity index is 1.61. The Morgan fingerprint density at radius 3 is 2.37 bits per heavy atom. The van der Waals surface area contributed by atoms with Crippen LogP contribution in [0, 0.1) is 0 Å². The molecule has 3 aromatic rings.